The van der Waals surface area contributed by atoms with Crippen LogP contribution in [0.4, 0.5) is 10.1 Å². The molecular weight excluding hydrogens is 260 g/mol. The topological polar surface area (TPSA) is 12.0 Å². The molecule has 0 amide bonds. The normalized spacial score (nSPS) is 24.7. The third-order valence-electron chi connectivity index (χ3n) is 3.45. The van der Waals surface area contributed by atoms with Gasteiger partial charge in [0.25, 0.3) is 0 Å². The molecule has 1 N–H and O–H groups in total. The van der Waals surface area contributed by atoms with Gasteiger partial charge in [0.05, 0.1) is 10.0 Å². The first-order chi connectivity index (χ1) is 8.08. The van der Waals surface area contributed by atoms with Crippen LogP contribution in [-0.2, 0) is 0 Å². The number of anilines is 1. The van der Waals surface area contributed by atoms with Crippen molar-refractivity contribution in [3.05, 3.63) is 28.0 Å². The second kappa shape index (κ2) is 5.45. The van der Waals surface area contributed by atoms with E-state index in [0.717, 1.165) is 12.1 Å². The van der Waals surface area contributed by atoms with E-state index in [9.17, 15) is 4.39 Å². The molecule has 0 spiro atoms. The van der Waals surface area contributed by atoms with Crippen LogP contribution < -0.4 is 5.32 Å². The number of rotatable bonds is 2. The van der Waals surface area contributed by atoms with E-state index in [0.29, 0.717) is 12.0 Å². The predicted octanol–water partition coefficient (Wildman–Crippen LogP) is 5.12. The fourth-order valence-corrected chi connectivity index (χ4v) is 2.87. The zero-order valence-electron chi connectivity index (χ0n) is 9.77. The summed E-state index contributed by atoms with van der Waals surface area (Å²) in [4.78, 5) is 0. The van der Waals surface area contributed by atoms with Crippen LogP contribution >= 0.6 is 23.2 Å². The molecular formula is C13H16Cl2FN. The monoisotopic (exact) mass is 275 g/mol. The fourth-order valence-electron chi connectivity index (χ4n) is 2.38. The number of nitrogens with one attached hydrogen (secondary N) is 1. The van der Waals surface area contributed by atoms with Gasteiger partial charge in [-0.15, -0.1) is 0 Å². The van der Waals surface area contributed by atoms with E-state index < -0.39 is 5.82 Å². The minimum atomic E-state index is -0.546. The Morgan fingerprint density at radius 2 is 1.76 bits per heavy atom. The van der Waals surface area contributed by atoms with Gasteiger partial charge in [-0.3, -0.25) is 0 Å². The summed E-state index contributed by atoms with van der Waals surface area (Å²) in [5.41, 5.74) is 0.806. The summed E-state index contributed by atoms with van der Waals surface area (Å²) in [6.07, 6.45) is 4.92. The molecule has 1 nitrogen and oxygen atoms in total. The Balaban J connectivity index is 2.12. The zero-order valence-corrected chi connectivity index (χ0v) is 11.3. The molecule has 17 heavy (non-hydrogen) atoms. The Bertz CT molecular complexity index is 385. The largest absolute Gasteiger partial charge is 0.382 e. The van der Waals surface area contributed by atoms with Crippen LogP contribution in [0.25, 0.3) is 0 Å². The summed E-state index contributed by atoms with van der Waals surface area (Å²) in [5, 5.41) is 3.55. The van der Waals surface area contributed by atoms with Gasteiger partial charge in [-0.25, -0.2) is 4.39 Å². The Morgan fingerprint density at radius 3 is 2.35 bits per heavy atom. The van der Waals surface area contributed by atoms with Crippen LogP contribution in [0.5, 0.6) is 0 Å². The molecule has 2 rings (SSSR count). The van der Waals surface area contributed by atoms with E-state index >= 15 is 0 Å². The second-order valence-electron chi connectivity index (χ2n) is 4.77. The van der Waals surface area contributed by atoms with Gasteiger partial charge in [-0.2, -0.15) is 0 Å². The Labute approximate surface area is 111 Å². The molecule has 0 radical (unpaired) electrons. The van der Waals surface area contributed by atoms with Crippen molar-refractivity contribution in [2.45, 2.75) is 38.6 Å². The lowest BCUT2D eigenvalue weighted by atomic mass is 9.86. The van der Waals surface area contributed by atoms with Crippen LogP contribution in [0.1, 0.15) is 32.6 Å². The van der Waals surface area contributed by atoms with E-state index in [1.807, 2.05) is 0 Å². The van der Waals surface area contributed by atoms with Crippen molar-refractivity contribution in [3.8, 4) is 0 Å². The van der Waals surface area contributed by atoms with Gasteiger partial charge in [0, 0.05) is 11.7 Å². The van der Waals surface area contributed by atoms with Crippen LogP contribution in [0.2, 0.25) is 10.0 Å². The van der Waals surface area contributed by atoms with E-state index in [2.05, 4.69) is 12.2 Å². The molecule has 0 heterocycles. The molecule has 0 saturated heterocycles. The van der Waals surface area contributed by atoms with Gasteiger partial charge in [-0.05, 0) is 30.9 Å². The lowest BCUT2D eigenvalue weighted by molar-refractivity contribution is 0.349. The average Bonchev–Trinajstić information content (AvgIpc) is 2.29. The maximum absolute atomic E-state index is 13.3. The second-order valence-corrected chi connectivity index (χ2v) is 5.58. The highest BCUT2D eigenvalue weighted by Gasteiger charge is 2.21. The molecule has 1 fully saturated rings. The molecule has 1 aromatic rings. The number of hydrogen-bond acceptors (Lipinski definition) is 1. The van der Waals surface area contributed by atoms with Crippen molar-refractivity contribution in [1.82, 2.24) is 0 Å². The quantitative estimate of drug-likeness (QED) is 0.739. The Kier molecular flexibility index (Phi) is 4.16. The number of hydrogen-bond donors (Lipinski definition) is 1. The van der Waals surface area contributed by atoms with Crippen LogP contribution in [-0.4, -0.2) is 6.04 Å². The highest BCUT2D eigenvalue weighted by molar-refractivity contribution is 6.35. The first kappa shape index (κ1) is 13.0. The SMILES string of the molecule is CC1CCCCC1Nc1cc(Cl)c(F)c(Cl)c1. The van der Waals surface area contributed by atoms with Crippen molar-refractivity contribution in [2.24, 2.45) is 5.92 Å². The van der Waals surface area contributed by atoms with E-state index in [4.69, 9.17) is 23.2 Å². The highest BCUT2D eigenvalue weighted by Crippen LogP contribution is 2.31. The molecule has 1 saturated carbocycles. The van der Waals surface area contributed by atoms with Gasteiger partial charge in [0.2, 0.25) is 0 Å². The summed E-state index contributed by atoms with van der Waals surface area (Å²) in [7, 11) is 0. The molecule has 2 atom stereocenters. The molecule has 4 heteroatoms. The third-order valence-corrected chi connectivity index (χ3v) is 4.00. The summed E-state index contributed by atoms with van der Waals surface area (Å²) in [6.45, 7) is 2.24. The standard InChI is InChI=1S/C13H16Cl2FN/c1-8-4-2-3-5-12(8)17-9-6-10(14)13(16)11(15)7-9/h6-8,12,17H,2-5H2,1H3. The summed E-state index contributed by atoms with van der Waals surface area (Å²) < 4.78 is 13.3. The van der Waals surface area contributed by atoms with Crippen molar-refractivity contribution < 1.29 is 4.39 Å². The van der Waals surface area contributed by atoms with Crippen molar-refractivity contribution in [3.63, 3.8) is 0 Å². The molecule has 0 bridgehead atoms. The lowest BCUT2D eigenvalue weighted by Gasteiger charge is -2.30. The number of benzene rings is 1. The molecule has 94 valence electrons. The first-order valence-corrected chi connectivity index (χ1v) is 6.74. The summed E-state index contributed by atoms with van der Waals surface area (Å²) >= 11 is 11.5. The van der Waals surface area contributed by atoms with E-state index in [-0.39, 0.29) is 10.0 Å². The fraction of sp³-hybridized carbons (Fsp3) is 0.538. The first-order valence-electron chi connectivity index (χ1n) is 5.99. The average molecular weight is 276 g/mol. The third kappa shape index (κ3) is 3.05. The minimum absolute atomic E-state index is 0.0727. The maximum atomic E-state index is 13.3. The van der Waals surface area contributed by atoms with Gasteiger partial charge >= 0.3 is 0 Å². The smallest absolute Gasteiger partial charge is 0.160 e. The lowest BCUT2D eigenvalue weighted by Crippen LogP contribution is -2.30. The summed E-state index contributed by atoms with van der Waals surface area (Å²) in [6, 6.07) is 3.63. The predicted molar refractivity (Wildman–Crippen MR) is 71.5 cm³/mol. The molecule has 0 aliphatic heterocycles. The number of halogens is 3. The van der Waals surface area contributed by atoms with Gasteiger partial charge in [0.15, 0.2) is 5.82 Å². The van der Waals surface area contributed by atoms with E-state index in [1.54, 1.807) is 12.1 Å². The molecule has 1 aromatic carbocycles. The molecule has 1 aliphatic rings. The van der Waals surface area contributed by atoms with Crippen LogP contribution in [0.3, 0.4) is 0 Å². The summed E-state index contributed by atoms with van der Waals surface area (Å²) in [5.74, 6) is 0.0851. The van der Waals surface area contributed by atoms with Gasteiger partial charge in [-0.1, -0.05) is 43.0 Å². The molecule has 1 aliphatic carbocycles. The van der Waals surface area contributed by atoms with Gasteiger partial charge in [0.1, 0.15) is 0 Å². The van der Waals surface area contributed by atoms with Crippen molar-refractivity contribution in [1.29, 1.82) is 0 Å². The highest BCUT2D eigenvalue weighted by atomic mass is 35.5. The maximum Gasteiger partial charge on any atom is 0.160 e. The van der Waals surface area contributed by atoms with Crippen molar-refractivity contribution in [2.75, 3.05) is 5.32 Å². The van der Waals surface area contributed by atoms with Crippen LogP contribution in [0.15, 0.2) is 12.1 Å². The molecule has 0 aromatic heterocycles. The van der Waals surface area contributed by atoms with E-state index in [1.165, 1.54) is 19.3 Å². The zero-order chi connectivity index (χ0) is 12.4. The Morgan fingerprint density at radius 1 is 1.18 bits per heavy atom. The van der Waals surface area contributed by atoms with Crippen molar-refractivity contribution >= 4 is 28.9 Å². The minimum Gasteiger partial charge on any atom is -0.382 e. The van der Waals surface area contributed by atoms with Crippen LogP contribution in [0, 0.1) is 11.7 Å². The Hall–Kier alpha value is -0.470. The van der Waals surface area contributed by atoms with Gasteiger partial charge < -0.3 is 5.32 Å². The molecule has 2 unspecified atom stereocenters.